The standard InChI is InChI=1S/C16H16FN5O2/c1-21(11-12-3-5-13(17)6-4-12)9-10-22-15(20-24-16(22)23)14-18-7-2-8-19-14/h2-8H,9-11H2,1H3. The van der Waals surface area contributed by atoms with Crippen molar-refractivity contribution in [2.45, 2.75) is 13.1 Å². The van der Waals surface area contributed by atoms with Crippen molar-refractivity contribution in [3.8, 4) is 11.6 Å². The molecule has 0 aliphatic carbocycles. The normalized spacial score (nSPS) is 11.1. The van der Waals surface area contributed by atoms with Gasteiger partial charge in [0.15, 0.2) is 5.82 Å². The predicted molar refractivity (Wildman–Crippen MR) is 84.5 cm³/mol. The van der Waals surface area contributed by atoms with Gasteiger partial charge in [-0.05, 0) is 30.8 Å². The maximum atomic E-state index is 12.9. The van der Waals surface area contributed by atoms with Gasteiger partial charge in [0.2, 0.25) is 5.82 Å². The van der Waals surface area contributed by atoms with Crippen molar-refractivity contribution in [3.05, 3.63) is 64.7 Å². The van der Waals surface area contributed by atoms with Crippen molar-refractivity contribution in [3.63, 3.8) is 0 Å². The molecule has 8 heteroatoms. The highest BCUT2D eigenvalue weighted by atomic mass is 19.1. The van der Waals surface area contributed by atoms with E-state index in [1.54, 1.807) is 30.6 Å². The Morgan fingerprint density at radius 1 is 1.21 bits per heavy atom. The van der Waals surface area contributed by atoms with Gasteiger partial charge in [0.05, 0.1) is 0 Å². The van der Waals surface area contributed by atoms with Gasteiger partial charge in [-0.2, -0.15) is 0 Å². The van der Waals surface area contributed by atoms with Gasteiger partial charge in [-0.25, -0.2) is 19.2 Å². The summed E-state index contributed by atoms with van der Waals surface area (Å²) in [6.07, 6.45) is 3.15. The van der Waals surface area contributed by atoms with E-state index in [0.29, 0.717) is 31.3 Å². The van der Waals surface area contributed by atoms with Crippen LogP contribution in [0.1, 0.15) is 5.56 Å². The van der Waals surface area contributed by atoms with Crippen LogP contribution in [0.4, 0.5) is 4.39 Å². The van der Waals surface area contributed by atoms with Gasteiger partial charge in [0, 0.05) is 32.0 Å². The predicted octanol–water partition coefficient (Wildman–Crippen LogP) is 1.56. The number of nitrogens with zero attached hydrogens (tertiary/aromatic N) is 5. The van der Waals surface area contributed by atoms with E-state index in [0.717, 1.165) is 5.56 Å². The van der Waals surface area contributed by atoms with E-state index in [9.17, 15) is 9.18 Å². The summed E-state index contributed by atoms with van der Waals surface area (Å²) in [7, 11) is 1.92. The smallest absolute Gasteiger partial charge is 0.300 e. The number of rotatable bonds is 6. The van der Waals surface area contributed by atoms with Crippen LogP contribution in [0.25, 0.3) is 11.6 Å². The zero-order chi connectivity index (χ0) is 16.9. The van der Waals surface area contributed by atoms with Crippen LogP contribution in [-0.4, -0.2) is 38.2 Å². The maximum Gasteiger partial charge on any atom is 0.442 e. The lowest BCUT2D eigenvalue weighted by Crippen LogP contribution is -2.27. The minimum absolute atomic E-state index is 0.259. The third-order valence-corrected chi connectivity index (χ3v) is 3.52. The van der Waals surface area contributed by atoms with Crippen LogP contribution >= 0.6 is 0 Å². The van der Waals surface area contributed by atoms with Gasteiger partial charge in [-0.15, -0.1) is 0 Å². The molecule has 24 heavy (non-hydrogen) atoms. The zero-order valence-electron chi connectivity index (χ0n) is 13.1. The van der Waals surface area contributed by atoms with Crippen LogP contribution in [-0.2, 0) is 13.1 Å². The minimum Gasteiger partial charge on any atom is -0.300 e. The second-order valence-electron chi connectivity index (χ2n) is 5.36. The van der Waals surface area contributed by atoms with Crippen molar-refractivity contribution in [2.24, 2.45) is 0 Å². The molecule has 2 aromatic heterocycles. The quantitative estimate of drug-likeness (QED) is 0.683. The molecule has 7 nitrogen and oxygen atoms in total. The largest absolute Gasteiger partial charge is 0.442 e. The second-order valence-corrected chi connectivity index (χ2v) is 5.36. The van der Waals surface area contributed by atoms with Crippen LogP contribution in [0.3, 0.4) is 0 Å². The van der Waals surface area contributed by atoms with Crippen molar-refractivity contribution in [1.82, 2.24) is 24.6 Å². The van der Waals surface area contributed by atoms with Gasteiger partial charge in [0.1, 0.15) is 5.82 Å². The third-order valence-electron chi connectivity index (χ3n) is 3.52. The Labute approximate surface area is 137 Å². The molecule has 0 saturated heterocycles. The summed E-state index contributed by atoms with van der Waals surface area (Å²) >= 11 is 0. The van der Waals surface area contributed by atoms with E-state index in [1.165, 1.54) is 16.7 Å². The molecule has 0 aliphatic heterocycles. The Balaban J connectivity index is 1.67. The van der Waals surface area contributed by atoms with Gasteiger partial charge >= 0.3 is 5.76 Å². The van der Waals surface area contributed by atoms with Crippen LogP contribution in [0, 0.1) is 5.82 Å². The van der Waals surface area contributed by atoms with E-state index < -0.39 is 5.76 Å². The third kappa shape index (κ3) is 3.72. The Bertz CT molecular complexity index is 845. The lowest BCUT2D eigenvalue weighted by Gasteiger charge is -2.16. The average molecular weight is 329 g/mol. The summed E-state index contributed by atoms with van der Waals surface area (Å²) in [6, 6.07) is 8.01. The summed E-state index contributed by atoms with van der Waals surface area (Å²) in [4.78, 5) is 22.0. The van der Waals surface area contributed by atoms with Crippen molar-refractivity contribution in [2.75, 3.05) is 13.6 Å². The molecule has 0 atom stereocenters. The SMILES string of the molecule is CN(CCn1c(-c2ncccn2)noc1=O)Cc1ccc(F)cc1. The van der Waals surface area contributed by atoms with Crippen LogP contribution in [0.5, 0.6) is 0 Å². The van der Waals surface area contributed by atoms with Crippen molar-refractivity contribution >= 4 is 0 Å². The van der Waals surface area contributed by atoms with E-state index in [-0.39, 0.29) is 5.82 Å². The molecule has 0 N–H and O–H groups in total. The van der Waals surface area contributed by atoms with Gasteiger partial charge in [-0.3, -0.25) is 9.09 Å². The number of hydrogen-bond donors (Lipinski definition) is 0. The first kappa shape index (κ1) is 16.0. The zero-order valence-corrected chi connectivity index (χ0v) is 13.1. The molecule has 3 rings (SSSR count). The molecular weight excluding hydrogens is 313 g/mol. The summed E-state index contributed by atoms with van der Waals surface area (Å²) in [5.41, 5.74) is 0.989. The van der Waals surface area contributed by atoms with Crippen molar-refractivity contribution < 1.29 is 8.91 Å². The first-order valence-corrected chi connectivity index (χ1v) is 7.40. The highest BCUT2D eigenvalue weighted by molar-refractivity contribution is 5.41. The number of aromatic nitrogens is 4. The molecule has 124 valence electrons. The van der Waals surface area contributed by atoms with E-state index >= 15 is 0 Å². The molecule has 0 bridgehead atoms. The lowest BCUT2D eigenvalue weighted by molar-refractivity contribution is 0.303. The molecule has 0 amide bonds. The number of hydrogen-bond acceptors (Lipinski definition) is 6. The maximum absolute atomic E-state index is 12.9. The topological polar surface area (TPSA) is 77.1 Å². The number of likely N-dealkylation sites (N-methyl/N-ethyl adjacent to an activating group) is 1. The molecule has 0 fully saturated rings. The lowest BCUT2D eigenvalue weighted by atomic mass is 10.2. The molecule has 3 aromatic rings. The fourth-order valence-electron chi connectivity index (χ4n) is 2.29. The fourth-order valence-corrected chi connectivity index (χ4v) is 2.29. The van der Waals surface area contributed by atoms with Gasteiger partial charge in [0.25, 0.3) is 0 Å². The molecule has 0 unspecified atom stereocenters. The summed E-state index contributed by atoms with van der Waals surface area (Å²) in [5.74, 6) is -0.169. The summed E-state index contributed by atoms with van der Waals surface area (Å²) in [6.45, 7) is 1.60. The first-order chi connectivity index (χ1) is 11.6. The van der Waals surface area contributed by atoms with Gasteiger partial charge < -0.3 is 4.90 Å². The second kappa shape index (κ2) is 7.14. The van der Waals surface area contributed by atoms with E-state index in [4.69, 9.17) is 4.52 Å². The Morgan fingerprint density at radius 2 is 1.92 bits per heavy atom. The average Bonchev–Trinajstić information content (AvgIpc) is 2.97. The number of halogens is 1. The minimum atomic E-state index is -0.548. The first-order valence-electron chi connectivity index (χ1n) is 7.40. The highest BCUT2D eigenvalue weighted by Crippen LogP contribution is 2.09. The van der Waals surface area contributed by atoms with Crippen molar-refractivity contribution in [1.29, 1.82) is 0 Å². The molecule has 1 aromatic carbocycles. The van der Waals surface area contributed by atoms with E-state index in [2.05, 4.69) is 15.1 Å². The Morgan fingerprint density at radius 3 is 2.62 bits per heavy atom. The van der Waals surface area contributed by atoms with Crippen LogP contribution < -0.4 is 5.76 Å². The monoisotopic (exact) mass is 329 g/mol. The Kier molecular flexibility index (Phi) is 4.76. The molecule has 0 aliphatic rings. The molecular formula is C16H16FN5O2. The number of benzene rings is 1. The van der Waals surface area contributed by atoms with Gasteiger partial charge in [-0.1, -0.05) is 17.3 Å². The Hall–Kier alpha value is -2.87. The van der Waals surface area contributed by atoms with E-state index in [1.807, 2.05) is 11.9 Å². The van der Waals surface area contributed by atoms with Crippen LogP contribution in [0.2, 0.25) is 0 Å². The fraction of sp³-hybridized carbons (Fsp3) is 0.250. The molecule has 0 saturated carbocycles. The molecule has 2 heterocycles. The molecule has 0 radical (unpaired) electrons. The summed E-state index contributed by atoms with van der Waals surface area (Å²) in [5, 5.41) is 3.75. The molecule has 0 spiro atoms. The van der Waals surface area contributed by atoms with Crippen LogP contribution in [0.15, 0.2) is 52.0 Å². The highest BCUT2D eigenvalue weighted by Gasteiger charge is 2.15. The summed E-state index contributed by atoms with van der Waals surface area (Å²) < 4.78 is 19.1.